The number of ether oxygens (including phenoxy) is 3. The van der Waals surface area contributed by atoms with Gasteiger partial charge in [0.1, 0.15) is 0 Å². The molecule has 4 heterocycles. The van der Waals surface area contributed by atoms with Crippen molar-refractivity contribution in [1.29, 1.82) is 0 Å². The summed E-state index contributed by atoms with van der Waals surface area (Å²) in [6.07, 6.45) is -31.2. The van der Waals surface area contributed by atoms with Gasteiger partial charge < -0.3 is 28.9 Å². The van der Waals surface area contributed by atoms with Gasteiger partial charge in [-0.2, -0.15) is 57.8 Å². The van der Waals surface area contributed by atoms with Crippen molar-refractivity contribution in [1.82, 2.24) is 29.4 Å². The van der Waals surface area contributed by atoms with Crippen LogP contribution in [-0.4, -0.2) is 157 Å². The molecule has 1 aromatic heterocycles. The van der Waals surface area contributed by atoms with Crippen LogP contribution in [0.25, 0.3) is 5.69 Å². The minimum absolute atomic E-state index is 0.0608. The average molecular weight is 961 g/mol. The summed E-state index contributed by atoms with van der Waals surface area (Å²) in [5.41, 5.74) is 3.40. The smallest absolute Gasteiger partial charge is 0.426 e. The van der Waals surface area contributed by atoms with Crippen LogP contribution in [0.1, 0.15) is 11.1 Å². The third-order valence-corrected chi connectivity index (χ3v) is 10.4. The van der Waals surface area contributed by atoms with E-state index >= 15 is 0 Å². The summed E-state index contributed by atoms with van der Waals surface area (Å²) in [6, 6.07) is 12.5. The first-order valence-electron chi connectivity index (χ1n) is 18.9. The molecule has 2 amide bonds. The molecule has 0 N–H and O–H groups in total. The number of morpholine rings is 1. The highest BCUT2D eigenvalue weighted by Gasteiger charge is 2.61. The zero-order valence-corrected chi connectivity index (χ0v) is 34.2. The molecule has 26 heteroatoms. The van der Waals surface area contributed by atoms with Crippen LogP contribution in [0.3, 0.4) is 0 Å². The molecular formula is C37H39Cl2F12N7O5. The molecule has 3 aliphatic heterocycles. The Morgan fingerprint density at radius 1 is 0.635 bits per heavy atom. The predicted octanol–water partition coefficient (Wildman–Crippen LogP) is 8.20. The number of anilines is 1. The van der Waals surface area contributed by atoms with Crippen molar-refractivity contribution in [2.24, 2.45) is 0 Å². The van der Waals surface area contributed by atoms with E-state index in [9.17, 15) is 62.3 Å². The fourth-order valence-corrected chi connectivity index (χ4v) is 7.25. The lowest BCUT2D eigenvalue weighted by molar-refractivity contribution is -0.309. The lowest BCUT2D eigenvalue weighted by atomic mass is 10.1. The highest BCUT2D eigenvalue weighted by molar-refractivity contribution is 6.33. The van der Waals surface area contributed by atoms with Crippen molar-refractivity contribution in [2.75, 3.05) is 83.6 Å². The molecule has 0 atom stereocenters. The van der Waals surface area contributed by atoms with Crippen LogP contribution >= 0.6 is 23.2 Å². The number of carbonyl (C=O) groups is 2. The Kier molecular flexibility index (Phi) is 16.2. The van der Waals surface area contributed by atoms with Gasteiger partial charge in [-0.3, -0.25) is 9.80 Å². The predicted molar refractivity (Wildman–Crippen MR) is 202 cm³/mol. The summed E-state index contributed by atoms with van der Waals surface area (Å²) in [6.45, 7) is 4.09. The molecule has 3 aliphatic rings. The van der Waals surface area contributed by atoms with Gasteiger partial charge in [0.15, 0.2) is 0 Å². The first kappa shape index (κ1) is 49.6. The van der Waals surface area contributed by atoms with E-state index in [4.69, 9.17) is 27.9 Å². The monoisotopic (exact) mass is 959 g/mol. The summed E-state index contributed by atoms with van der Waals surface area (Å²) in [4.78, 5) is 31.4. The number of carbonyl (C=O) groups excluding carboxylic acids is 2. The van der Waals surface area contributed by atoms with Gasteiger partial charge in [0.25, 0.3) is 12.2 Å². The van der Waals surface area contributed by atoms with E-state index in [1.54, 1.807) is 47.4 Å². The summed E-state index contributed by atoms with van der Waals surface area (Å²) in [7, 11) is 0. The molecule has 3 saturated heterocycles. The zero-order chi connectivity index (χ0) is 46.3. The summed E-state index contributed by atoms with van der Waals surface area (Å²) in [5.74, 6) is 0. The summed E-state index contributed by atoms with van der Waals surface area (Å²) in [5, 5.41) is 5.26. The number of aromatic nitrogens is 2. The quantitative estimate of drug-likeness (QED) is 0.207. The topological polar surface area (TPSA) is 95.8 Å². The van der Waals surface area contributed by atoms with Crippen LogP contribution in [-0.2, 0) is 27.3 Å². The number of rotatable bonds is 8. The van der Waals surface area contributed by atoms with Crippen molar-refractivity contribution in [3.05, 3.63) is 76.0 Å². The zero-order valence-electron chi connectivity index (χ0n) is 32.7. The van der Waals surface area contributed by atoms with Gasteiger partial charge in [-0.25, -0.2) is 14.3 Å². The number of piperazine rings is 2. The van der Waals surface area contributed by atoms with Crippen molar-refractivity contribution < 1.29 is 76.5 Å². The molecule has 0 spiro atoms. The summed E-state index contributed by atoms with van der Waals surface area (Å²) >= 11 is 12.5. The Bertz CT molecular complexity index is 1940. The van der Waals surface area contributed by atoms with Gasteiger partial charge in [-0.15, -0.1) is 0 Å². The molecule has 0 radical (unpaired) electrons. The Hall–Kier alpha value is -4.39. The van der Waals surface area contributed by atoms with Gasteiger partial charge in [0, 0.05) is 96.0 Å². The number of halogens is 14. The van der Waals surface area contributed by atoms with Crippen LogP contribution in [0.5, 0.6) is 0 Å². The van der Waals surface area contributed by atoms with E-state index in [1.165, 1.54) is 0 Å². The molecule has 350 valence electrons. The number of amides is 2. The molecule has 12 nitrogen and oxygen atoms in total. The van der Waals surface area contributed by atoms with Gasteiger partial charge in [-0.1, -0.05) is 41.4 Å². The van der Waals surface area contributed by atoms with Crippen molar-refractivity contribution >= 4 is 41.1 Å². The minimum Gasteiger partial charge on any atom is -0.426 e. The molecule has 0 aliphatic carbocycles. The van der Waals surface area contributed by atoms with Crippen molar-refractivity contribution in [3.8, 4) is 5.69 Å². The molecule has 0 bridgehead atoms. The fraction of sp³-hybridized carbons (Fsp3) is 0.541. The Balaban J connectivity index is 0.000000238. The van der Waals surface area contributed by atoms with Crippen LogP contribution in [0, 0.1) is 0 Å². The minimum atomic E-state index is -5.74. The maximum atomic E-state index is 12.6. The molecule has 0 saturated carbocycles. The standard InChI is InChI=1S/C19H22ClF6N3O3.C18H17ClF6N4O2/c20-14-3-1-2-13(15(14)28-8-10-31-11-9-28)12-27-4-6-29(7-5-27)17(30)32-16(18(21,22)23)19(24,25)26;19-13-3-2-12(14(10-13)29-5-1-4-26-29)11-27-6-8-28(9-7-27)16(30)31-15(17(20,21)22)18(23,24)25/h1-3,16H,4-12H2;1-5,10,15H,6-9,11H2. The van der Waals surface area contributed by atoms with E-state index in [2.05, 4.69) is 19.5 Å². The van der Waals surface area contributed by atoms with E-state index < -0.39 is 49.1 Å². The first-order chi connectivity index (χ1) is 29.4. The average Bonchev–Trinajstić information content (AvgIpc) is 3.74. The number of hydrogen-bond donors (Lipinski definition) is 0. The molecule has 0 unspecified atom stereocenters. The molecule has 3 fully saturated rings. The van der Waals surface area contributed by atoms with Gasteiger partial charge in [0.2, 0.25) is 0 Å². The highest BCUT2D eigenvalue weighted by atomic mass is 35.5. The van der Waals surface area contributed by atoms with Crippen LogP contribution in [0.15, 0.2) is 54.9 Å². The van der Waals surface area contributed by atoms with E-state index in [-0.39, 0.29) is 52.4 Å². The van der Waals surface area contributed by atoms with E-state index in [0.29, 0.717) is 49.4 Å². The van der Waals surface area contributed by atoms with Crippen LogP contribution in [0.4, 0.5) is 68.0 Å². The maximum absolute atomic E-state index is 12.6. The van der Waals surface area contributed by atoms with Crippen LogP contribution in [0.2, 0.25) is 10.0 Å². The number of para-hydroxylation sites is 1. The maximum Gasteiger partial charge on any atom is 0.434 e. The largest absolute Gasteiger partial charge is 0.434 e. The van der Waals surface area contributed by atoms with Crippen molar-refractivity contribution in [3.63, 3.8) is 0 Å². The lowest BCUT2D eigenvalue weighted by Gasteiger charge is -2.36. The second-order valence-corrected chi connectivity index (χ2v) is 15.1. The molecular weight excluding hydrogens is 921 g/mol. The van der Waals surface area contributed by atoms with Gasteiger partial charge >= 0.3 is 36.9 Å². The highest BCUT2D eigenvalue weighted by Crippen LogP contribution is 2.38. The third-order valence-electron chi connectivity index (χ3n) is 9.87. The van der Waals surface area contributed by atoms with E-state index in [0.717, 1.165) is 32.3 Å². The lowest BCUT2D eigenvalue weighted by Crippen LogP contribution is -2.52. The molecule has 3 aromatic rings. The number of alkyl halides is 12. The molecule has 2 aromatic carbocycles. The second kappa shape index (κ2) is 20.6. The fourth-order valence-electron chi connectivity index (χ4n) is 6.77. The number of benzene rings is 2. The normalized spacial score (nSPS) is 17.5. The van der Waals surface area contributed by atoms with Gasteiger partial charge in [0.05, 0.1) is 29.6 Å². The first-order valence-corrected chi connectivity index (χ1v) is 19.7. The van der Waals surface area contributed by atoms with Gasteiger partial charge in [-0.05, 0) is 35.4 Å². The molecule has 63 heavy (non-hydrogen) atoms. The Morgan fingerprint density at radius 2 is 1.11 bits per heavy atom. The third kappa shape index (κ3) is 13.8. The van der Waals surface area contributed by atoms with E-state index in [1.807, 2.05) is 21.9 Å². The van der Waals surface area contributed by atoms with Crippen LogP contribution < -0.4 is 4.90 Å². The number of hydrogen-bond acceptors (Lipinski definition) is 9. The number of nitrogens with zero attached hydrogens (tertiary/aromatic N) is 7. The summed E-state index contributed by atoms with van der Waals surface area (Å²) < 4.78 is 166. The SMILES string of the molecule is O=C(OC(C(F)(F)F)C(F)(F)F)N1CCN(Cc2ccc(Cl)cc2-n2cccn2)CC1.O=C(OC(C(F)(F)F)C(F)(F)F)N1CCN(Cc2cccc(Cl)c2N2CCOCC2)CC1. The Morgan fingerprint density at radius 3 is 1.56 bits per heavy atom. The second-order valence-electron chi connectivity index (χ2n) is 14.3. The van der Waals surface area contributed by atoms with Crippen molar-refractivity contribution in [2.45, 2.75) is 50.0 Å². The molecule has 6 rings (SSSR count). The Labute approximate surface area is 361 Å².